The molecular formula is C19H27NO3. The number of carbonyl (C=O) groups excluding carboxylic acids is 2. The van der Waals surface area contributed by atoms with Crippen molar-refractivity contribution in [3.63, 3.8) is 0 Å². The van der Waals surface area contributed by atoms with Gasteiger partial charge in [-0.3, -0.25) is 9.59 Å². The monoisotopic (exact) mass is 317 g/mol. The quantitative estimate of drug-likeness (QED) is 0.613. The van der Waals surface area contributed by atoms with E-state index in [1.54, 1.807) is 31.4 Å². The number of hydrogen-bond donors (Lipinski definition) is 1. The van der Waals surface area contributed by atoms with Crippen LogP contribution in [0.2, 0.25) is 0 Å². The number of amides is 1. The van der Waals surface area contributed by atoms with E-state index >= 15 is 0 Å². The van der Waals surface area contributed by atoms with Crippen LogP contribution in [0.5, 0.6) is 5.75 Å². The topological polar surface area (TPSA) is 55.4 Å². The molecular weight excluding hydrogens is 290 g/mol. The van der Waals surface area contributed by atoms with Gasteiger partial charge in [-0.1, -0.05) is 25.7 Å². The Balaban J connectivity index is 1.68. The van der Waals surface area contributed by atoms with E-state index in [9.17, 15) is 9.59 Å². The van der Waals surface area contributed by atoms with E-state index in [4.69, 9.17) is 4.74 Å². The predicted octanol–water partition coefficient (Wildman–Crippen LogP) is 3.89. The first kappa shape index (κ1) is 17.5. The van der Waals surface area contributed by atoms with Gasteiger partial charge in [0.15, 0.2) is 5.78 Å². The van der Waals surface area contributed by atoms with Crippen molar-refractivity contribution in [1.82, 2.24) is 5.32 Å². The van der Waals surface area contributed by atoms with Gasteiger partial charge in [-0.25, -0.2) is 0 Å². The van der Waals surface area contributed by atoms with E-state index < -0.39 is 0 Å². The fourth-order valence-electron chi connectivity index (χ4n) is 3.05. The van der Waals surface area contributed by atoms with Gasteiger partial charge in [0.25, 0.3) is 0 Å². The first-order valence-corrected chi connectivity index (χ1v) is 8.65. The zero-order chi connectivity index (χ0) is 16.5. The molecule has 0 aliphatic heterocycles. The largest absolute Gasteiger partial charge is 0.497 e. The van der Waals surface area contributed by atoms with Gasteiger partial charge in [0.1, 0.15) is 5.75 Å². The first-order valence-electron chi connectivity index (χ1n) is 8.65. The Kier molecular flexibility index (Phi) is 7.11. The Morgan fingerprint density at radius 1 is 1.04 bits per heavy atom. The second kappa shape index (κ2) is 9.33. The third-order valence-electron chi connectivity index (χ3n) is 4.44. The lowest BCUT2D eigenvalue weighted by Crippen LogP contribution is -2.34. The van der Waals surface area contributed by atoms with Crippen molar-refractivity contribution in [2.45, 2.75) is 63.8 Å². The van der Waals surface area contributed by atoms with Crippen molar-refractivity contribution in [2.75, 3.05) is 7.11 Å². The maximum Gasteiger partial charge on any atom is 0.220 e. The molecule has 23 heavy (non-hydrogen) atoms. The van der Waals surface area contributed by atoms with Crippen molar-refractivity contribution >= 4 is 11.7 Å². The van der Waals surface area contributed by atoms with Crippen LogP contribution in [0, 0.1) is 0 Å². The van der Waals surface area contributed by atoms with Crippen molar-refractivity contribution in [3.05, 3.63) is 29.8 Å². The molecule has 1 aromatic rings. The Hall–Kier alpha value is -1.84. The molecule has 0 atom stereocenters. The SMILES string of the molecule is COc1ccc(C(=O)CCCC(=O)NC2CCCCCC2)cc1. The Bertz CT molecular complexity index is 502. The minimum absolute atomic E-state index is 0.0786. The Labute approximate surface area is 138 Å². The highest BCUT2D eigenvalue weighted by Gasteiger charge is 2.15. The second-order valence-corrected chi connectivity index (χ2v) is 6.26. The summed E-state index contributed by atoms with van der Waals surface area (Å²) in [4.78, 5) is 24.1. The molecule has 1 fully saturated rings. The average molecular weight is 317 g/mol. The molecule has 0 radical (unpaired) electrons. The number of rotatable bonds is 7. The predicted molar refractivity (Wildman–Crippen MR) is 90.8 cm³/mol. The third kappa shape index (κ3) is 6.05. The summed E-state index contributed by atoms with van der Waals surface area (Å²) in [6, 6.07) is 7.44. The van der Waals surface area contributed by atoms with Crippen LogP contribution in [0.25, 0.3) is 0 Å². The highest BCUT2D eigenvalue weighted by molar-refractivity contribution is 5.96. The molecule has 1 aliphatic carbocycles. The molecule has 1 N–H and O–H groups in total. The molecule has 126 valence electrons. The van der Waals surface area contributed by atoms with Gasteiger partial charge < -0.3 is 10.1 Å². The van der Waals surface area contributed by atoms with Gasteiger partial charge in [-0.05, 0) is 43.5 Å². The number of nitrogens with one attached hydrogen (secondary N) is 1. The number of ketones is 1. The summed E-state index contributed by atoms with van der Waals surface area (Å²) in [6.07, 6.45) is 8.60. The molecule has 0 saturated heterocycles. The van der Waals surface area contributed by atoms with Crippen LogP contribution in [-0.4, -0.2) is 24.8 Å². The molecule has 0 bridgehead atoms. The summed E-state index contributed by atoms with van der Waals surface area (Å²) in [5, 5.41) is 3.12. The van der Waals surface area contributed by atoms with Crippen LogP contribution in [-0.2, 0) is 4.79 Å². The summed E-state index contributed by atoms with van der Waals surface area (Å²) in [5.41, 5.74) is 0.676. The van der Waals surface area contributed by atoms with Crippen LogP contribution in [0.1, 0.15) is 68.1 Å². The minimum Gasteiger partial charge on any atom is -0.497 e. The van der Waals surface area contributed by atoms with Crippen molar-refractivity contribution in [1.29, 1.82) is 0 Å². The van der Waals surface area contributed by atoms with Gasteiger partial charge in [0, 0.05) is 24.4 Å². The molecule has 1 saturated carbocycles. The molecule has 4 heteroatoms. The van der Waals surface area contributed by atoms with Crippen molar-refractivity contribution in [2.24, 2.45) is 0 Å². The van der Waals surface area contributed by atoms with E-state index in [0.717, 1.165) is 18.6 Å². The van der Waals surface area contributed by atoms with Gasteiger partial charge in [-0.15, -0.1) is 0 Å². The molecule has 1 aliphatic rings. The molecule has 1 amide bonds. The van der Waals surface area contributed by atoms with Crippen LogP contribution in [0.15, 0.2) is 24.3 Å². The Morgan fingerprint density at radius 2 is 1.70 bits per heavy atom. The fourth-order valence-corrected chi connectivity index (χ4v) is 3.05. The molecule has 0 unspecified atom stereocenters. The number of benzene rings is 1. The second-order valence-electron chi connectivity index (χ2n) is 6.26. The van der Waals surface area contributed by atoms with E-state index in [1.165, 1.54) is 25.7 Å². The Morgan fingerprint density at radius 3 is 2.30 bits per heavy atom. The highest BCUT2D eigenvalue weighted by atomic mass is 16.5. The molecule has 2 rings (SSSR count). The summed E-state index contributed by atoms with van der Waals surface area (Å²) in [5.74, 6) is 0.902. The van der Waals surface area contributed by atoms with Crippen molar-refractivity contribution < 1.29 is 14.3 Å². The van der Waals surface area contributed by atoms with Gasteiger partial charge in [0.05, 0.1) is 7.11 Å². The average Bonchev–Trinajstić information content (AvgIpc) is 2.83. The van der Waals surface area contributed by atoms with Gasteiger partial charge >= 0.3 is 0 Å². The minimum atomic E-state index is 0.0786. The van der Waals surface area contributed by atoms with Crippen LogP contribution in [0.3, 0.4) is 0 Å². The summed E-state index contributed by atoms with van der Waals surface area (Å²) < 4.78 is 5.08. The summed E-state index contributed by atoms with van der Waals surface area (Å²) >= 11 is 0. The maximum absolute atomic E-state index is 12.1. The molecule has 0 spiro atoms. The van der Waals surface area contributed by atoms with Crippen molar-refractivity contribution in [3.8, 4) is 5.75 Å². The van der Waals surface area contributed by atoms with E-state index in [-0.39, 0.29) is 11.7 Å². The summed E-state index contributed by atoms with van der Waals surface area (Å²) in [6.45, 7) is 0. The zero-order valence-corrected chi connectivity index (χ0v) is 14.0. The number of hydrogen-bond acceptors (Lipinski definition) is 3. The highest BCUT2D eigenvalue weighted by Crippen LogP contribution is 2.17. The standard InChI is InChI=1S/C19H27NO3/c1-23-17-13-11-15(12-14-17)18(21)9-6-10-19(22)20-16-7-4-2-3-5-8-16/h11-14,16H,2-10H2,1H3,(H,20,22). The molecule has 4 nitrogen and oxygen atoms in total. The normalized spacial score (nSPS) is 15.7. The first-order chi connectivity index (χ1) is 11.2. The number of ether oxygens (including phenoxy) is 1. The maximum atomic E-state index is 12.1. The zero-order valence-electron chi connectivity index (χ0n) is 14.0. The smallest absolute Gasteiger partial charge is 0.220 e. The fraction of sp³-hybridized carbons (Fsp3) is 0.579. The van der Waals surface area contributed by atoms with Crippen LogP contribution < -0.4 is 10.1 Å². The molecule has 0 aromatic heterocycles. The number of carbonyl (C=O) groups is 2. The lowest BCUT2D eigenvalue weighted by molar-refractivity contribution is -0.121. The lowest BCUT2D eigenvalue weighted by atomic mass is 10.0. The summed E-state index contributed by atoms with van der Waals surface area (Å²) in [7, 11) is 1.60. The van der Waals surface area contributed by atoms with Gasteiger partial charge in [0.2, 0.25) is 5.91 Å². The lowest BCUT2D eigenvalue weighted by Gasteiger charge is -2.16. The van der Waals surface area contributed by atoms with Crippen LogP contribution >= 0.6 is 0 Å². The van der Waals surface area contributed by atoms with E-state index in [0.29, 0.717) is 30.9 Å². The molecule has 1 aromatic carbocycles. The van der Waals surface area contributed by atoms with E-state index in [2.05, 4.69) is 5.32 Å². The number of Topliss-reactive ketones (excluding diaryl/α,β-unsaturated/α-hetero) is 1. The number of methoxy groups -OCH3 is 1. The van der Waals surface area contributed by atoms with Gasteiger partial charge in [-0.2, -0.15) is 0 Å². The molecule has 0 heterocycles. The van der Waals surface area contributed by atoms with Crippen LogP contribution in [0.4, 0.5) is 0 Å². The van der Waals surface area contributed by atoms with E-state index in [1.807, 2.05) is 0 Å². The third-order valence-corrected chi connectivity index (χ3v) is 4.44.